The molecule has 0 bridgehead atoms. The number of likely N-dealkylation sites (tertiary alicyclic amines) is 1. The molecule has 2 saturated heterocycles. The van der Waals surface area contributed by atoms with Crippen LogP contribution in [0.4, 0.5) is 13.2 Å². The highest BCUT2D eigenvalue weighted by atomic mass is 19.4. The molecule has 214 valence electrons. The smallest absolute Gasteiger partial charge is 0.417 e. The fourth-order valence-electron chi connectivity index (χ4n) is 5.58. The number of pyridine rings is 2. The summed E-state index contributed by atoms with van der Waals surface area (Å²) in [5.74, 6) is 0.295. The fourth-order valence-corrected chi connectivity index (χ4v) is 5.58. The van der Waals surface area contributed by atoms with Gasteiger partial charge in [0.15, 0.2) is 0 Å². The van der Waals surface area contributed by atoms with Gasteiger partial charge in [-0.15, -0.1) is 5.10 Å². The topological polar surface area (TPSA) is 106 Å². The van der Waals surface area contributed by atoms with Crippen LogP contribution in [0.25, 0.3) is 16.8 Å². The van der Waals surface area contributed by atoms with E-state index >= 15 is 0 Å². The largest absolute Gasteiger partial charge is 0.484 e. The Hall–Kier alpha value is -4.02. The first kappa shape index (κ1) is 27.2. The van der Waals surface area contributed by atoms with Crippen LogP contribution in [0.1, 0.15) is 60.7 Å². The number of fused-ring (bicyclic) bond motifs is 1. The van der Waals surface area contributed by atoms with Crippen molar-refractivity contribution in [3.63, 3.8) is 0 Å². The minimum atomic E-state index is -4.53. The van der Waals surface area contributed by atoms with Crippen LogP contribution in [0, 0.1) is 18.3 Å². The fraction of sp³-hybridized carbons (Fsp3) is 0.464. The lowest BCUT2D eigenvalue weighted by atomic mass is 10.1. The van der Waals surface area contributed by atoms with Gasteiger partial charge >= 0.3 is 6.18 Å². The Labute approximate surface area is 234 Å². The molecular weight excluding hydrogens is 537 g/mol. The van der Waals surface area contributed by atoms with Gasteiger partial charge in [-0.1, -0.05) is 5.21 Å². The zero-order chi connectivity index (χ0) is 28.7. The van der Waals surface area contributed by atoms with E-state index in [2.05, 4.69) is 31.4 Å². The molecule has 13 heteroatoms. The van der Waals surface area contributed by atoms with Gasteiger partial charge in [-0.2, -0.15) is 23.5 Å². The molecule has 0 saturated carbocycles. The summed E-state index contributed by atoms with van der Waals surface area (Å²) in [6, 6.07) is 5.58. The number of hydrogen-bond donors (Lipinski definition) is 0. The van der Waals surface area contributed by atoms with Gasteiger partial charge in [0.1, 0.15) is 34.7 Å². The van der Waals surface area contributed by atoms with Crippen LogP contribution in [0.3, 0.4) is 0 Å². The zero-order valence-electron chi connectivity index (χ0n) is 22.7. The van der Waals surface area contributed by atoms with Crippen LogP contribution in [0.15, 0.2) is 36.9 Å². The SMILES string of the molecule is Cc1c(-c2cc(OC(C)c3cncc(C(F)(F)F)c3)c3c(C#N)cnn3c2)nnn1[C@H]1CCCN(C2COC2)CC1. The van der Waals surface area contributed by atoms with Crippen LogP contribution < -0.4 is 4.74 Å². The normalized spacial score (nSPS) is 19.5. The monoisotopic (exact) mass is 566 g/mol. The van der Waals surface area contributed by atoms with Crippen LogP contribution in [0.2, 0.25) is 0 Å². The lowest BCUT2D eigenvalue weighted by Crippen LogP contribution is -2.49. The maximum absolute atomic E-state index is 13.3. The number of halogens is 3. The second kappa shape index (κ2) is 10.8. The highest BCUT2D eigenvalue weighted by Crippen LogP contribution is 2.36. The number of aromatic nitrogens is 6. The van der Waals surface area contributed by atoms with Gasteiger partial charge < -0.3 is 9.47 Å². The van der Waals surface area contributed by atoms with Gasteiger partial charge in [0.25, 0.3) is 0 Å². The molecule has 2 fully saturated rings. The Balaban J connectivity index is 1.31. The molecule has 0 aliphatic carbocycles. The number of nitrogens with zero attached hydrogens (tertiary/aromatic N) is 8. The van der Waals surface area contributed by atoms with Gasteiger partial charge in [-0.25, -0.2) is 9.20 Å². The van der Waals surface area contributed by atoms with Gasteiger partial charge in [0.05, 0.1) is 42.8 Å². The molecule has 2 aliphatic rings. The zero-order valence-corrected chi connectivity index (χ0v) is 22.7. The van der Waals surface area contributed by atoms with E-state index in [1.54, 1.807) is 19.2 Å². The first-order valence-electron chi connectivity index (χ1n) is 13.6. The maximum Gasteiger partial charge on any atom is 0.417 e. The Morgan fingerprint density at radius 3 is 2.68 bits per heavy atom. The summed E-state index contributed by atoms with van der Waals surface area (Å²) in [4.78, 5) is 6.25. The molecule has 2 atom stereocenters. The minimum absolute atomic E-state index is 0.213. The number of rotatable bonds is 6. The summed E-state index contributed by atoms with van der Waals surface area (Å²) < 4.78 is 54.9. The van der Waals surface area contributed by atoms with Crippen molar-refractivity contribution < 1.29 is 22.6 Å². The Kier molecular flexibility index (Phi) is 7.13. The summed E-state index contributed by atoms with van der Waals surface area (Å²) in [5, 5.41) is 23.0. The summed E-state index contributed by atoms with van der Waals surface area (Å²) in [7, 11) is 0. The third-order valence-electron chi connectivity index (χ3n) is 7.97. The van der Waals surface area contributed by atoms with E-state index in [4.69, 9.17) is 9.47 Å². The van der Waals surface area contributed by atoms with Crippen molar-refractivity contribution in [1.29, 1.82) is 5.26 Å². The van der Waals surface area contributed by atoms with Crippen molar-refractivity contribution >= 4 is 5.52 Å². The predicted octanol–water partition coefficient (Wildman–Crippen LogP) is 4.75. The second-order valence-corrected chi connectivity index (χ2v) is 10.6. The van der Waals surface area contributed by atoms with E-state index in [0.717, 1.165) is 63.5 Å². The number of alkyl halides is 3. The molecular formula is C28H29F3N8O2. The Morgan fingerprint density at radius 2 is 1.95 bits per heavy atom. The molecule has 0 aromatic carbocycles. The number of ether oxygens (including phenoxy) is 2. The van der Waals surface area contributed by atoms with Crippen LogP contribution in [0.5, 0.6) is 5.75 Å². The highest BCUT2D eigenvalue weighted by molar-refractivity contribution is 5.74. The molecule has 10 nitrogen and oxygen atoms in total. The lowest BCUT2D eigenvalue weighted by molar-refractivity contribution is -0.137. The van der Waals surface area contributed by atoms with E-state index < -0.39 is 17.8 Å². The minimum Gasteiger partial charge on any atom is -0.484 e. The standard InChI is InChI=1S/C28H29F3N8O2/c1-17-26(35-36-39(17)23-4-3-6-37(7-5-23)24-15-40-16-24)20-9-25(27-21(10-32)12-34-38(27)14-20)41-18(2)19-8-22(13-33-11-19)28(29,30)31/h8-9,11-14,18,23-24H,3-7,15-16H2,1-2H3/t18?,23-/m0/s1. The average molecular weight is 567 g/mol. The summed E-state index contributed by atoms with van der Waals surface area (Å²) in [6.07, 6.45) is 2.99. The molecule has 0 spiro atoms. The molecule has 4 aromatic rings. The summed E-state index contributed by atoms with van der Waals surface area (Å²) in [6.45, 7) is 7.23. The molecule has 0 amide bonds. The summed E-state index contributed by atoms with van der Waals surface area (Å²) in [5.41, 5.74) is 2.29. The summed E-state index contributed by atoms with van der Waals surface area (Å²) >= 11 is 0. The lowest BCUT2D eigenvalue weighted by Gasteiger charge is -2.36. The first-order chi connectivity index (χ1) is 19.7. The van der Waals surface area contributed by atoms with Gasteiger partial charge in [-0.3, -0.25) is 9.88 Å². The second-order valence-electron chi connectivity index (χ2n) is 10.6. The Bertz CT molecular complexity index is 1600. The van der Waals surface area contributed by atoms with Crippen LogP contribution >= 0.6 is 0 Å². The van der Waals surface area contributed by atoms with E-state index in [0.29, 0.717) is 28.6 Å². The van der Waals surface area contributed by atoms with Crippen LogP contribution in [-0.4, -0.2) is 66.8 Å². The van der Waals surface area contributed by atoms with Crippen molar-refractivity contribution in [3.05, 3.63) is 59.3 Å². The molecule has 1 unspecified atom stereocenters. The van der Waals surface area contributed by atoms with Crippen LogP contribution in [-0.2, 0) is 10.9 Å². The maximum atomic E-state index is 13.3. The van der Waals surface area contributed by atoms with E-state index in [9.17, 15) is 18.4 Å². The molecule has 0 N–H and O–H groups in total. The third-order valence-corrected chi connectivity index (χ3v) is 7.97. The molecule has 2 aliphatic heterocycles. The van der Waals surface area contributed by atoms with E-state index in [1.165, 1.54) is 16.9 Å². The number of hydrogen-bond acceptors (Lipinski definition) is 8. The molecule has 4 aromatic heterocycles. The van der Waals surface area contributed by atoms with Gasteiger partial charge in [0, 0.05) is 36.3 Å². The van der Waals surface area contributed by atoms with E-state index in [1.807, 2.05) is 11.6 Å². The van der Waals surface area contributed by atoms with Crippen molar-refractivity contribution in [2.75, 3.05) is 26.3 Å². The van der Waals surface area contributed by atoms with Crippen molar-refractivity contribution in [1.82, 2.24) is 34.5 Å². The first-order valence-corrected chi connectivity index (χ1v) is 13.6. The predicted molar refractivity (Wildman–Crippen MR) is 141 cm³/mol. The molecule has 41 heavy (non-hydrogen) atoms. The third kappa shape index (κ3) is 5.25. The quantitative estimate of drug-likeness (QED) is 0.329. The Morgan fingerprint density at radius 1 is 1.12 bits per heavy atom. The van der Waals surface area contributed by atoms with E-state index in [-0.39, 0.29) is 17.2 Å². The number of nitriles is 1. The molecule has 0 radical (unpaired) electrons. The molecule has 6 heterocycles. The van der Waals surface area contributed by atoms with Crippen molar-refractivity contribution in [2.45, 2.75) is 57.5 Å². The van der Waals surface area contributed by atoms with Crippen molar-refractivity contribution in [2.24, 2.45) is 0 Å². The highest BCUT2D eigenvalue weighted by Gasteiger charge is 2.32. The van der Waals surface area contributed by atoms with Crippen molar-refractivity contribution in [3.8, 4) is 23.1 Å². The van der Waals surface area contributed by atoms with Gasteiger partial charge in [0.2, 0.25) is 0 Å². The average Bonchev–Trinajstić information content (AvgIpc) is 3.43. The van der Waals surface area contributed by atoms with Gasteiger partial charge in [-0.05, 0) is 51.8 Å². The molecule has 6 rings (SSSR count).